The van der Waals surface area contributed by atoms with Crippen LogP contribution in [0.15, 0.2) is 48.5 Å². The summed E-state index contributed by atoms with van der Waals surface area (Å²) in [5.41, 5.74) is 4.54. The molecule has 0 aromatic heterocycles. The molecule has 2 aromatic rings. The minimum atomic E-state index is -0.162. The van der Waals surface area contributed by atoms with Crippen LogP contribution >= 0.6 is 0 Å². The van der Waals surface area contributed by atoms with Gasteiger partial charge in [-0.05, 0) is 42.2 Å². The topological polar surface area (TPSA) is 41.1 Å². The summed E-state index contributed by atoms with van der Waals surface area (Å²) in [4.78, 5) is 12.3. The van der Waals surface area contributed by atoms with Crippen molar-refractivity contribution in [2.45, 2.75) is 25.9 Å². The number of hydrogen-bond donors (Lipinski definition) is 2. The number of rotatable bonds is 2. The molecule has 0 saturated heterocycles. The van der Waals surface area contributed by atoms with Crippen LogP contribution in [0, 0.1) is 6.92 Å². The molecule has 1 aliphatic rings. The van der Waals surface area contributed by atoms with Gasteiger partial charge < -0.3 is 10.6 Å². The molecule has 1 atom stereocenters. The molecule has 0 fully saturated rings. The number of anilines is 1. The summed E-state index contributed by atoms with van der Waals surface area (Å²) in [5.74, 6) is 0.0325. The van der Waals surface area contributed by atoms with E-state index >= 15 is 0 Å². The van der Waals surface area contributed by atoms with Crippen LogP contribution < -0.4 is 10.6 Å². The third kappa shape index (κ3) is 2.73. The van der Waals surface area contributed by atoms with Gasteiger partial charge in [0.1, 0.15) is 0 Å². The molecule has 3 rings (SSSR count). The molecule has 20 heavy (non-hydrogen) atoms. The molecule has 3 heteroatoms. The Kier molecular flexibility index (Phi) is 3.52. The molecule has 1 unspecified atom stereocenters. The van der Waals surface area contributed by atoms with Crippen LogP contribution in [0.5, 0.6) is 0 Å². The zero-order chi connectivity index (χ0) is 13.9. The van der Waals surface area contributed by atoms with Gasteiger partial charge in [0, 0.05) is 12.2 Å². The molecular weight excluding hydrogens is 248 g/mol. The van der Waals surface area contributed by atoms with E-state index in [9.17, 15) is 4.79 Å². The molecule has 1 aliphatic heterocycles. The number of fused-ring (bicyclic) bond motifs is 1. The molecule has 2 aromatic carbocycles. The van der Waals surface area contributed by atoms with Gasteiger partial charge >= 0.3 is 0 Å². The fourth-order valence-electron chi connectivity index (χ4n) is 2.59. The Morgan fingerprint density at radius 1 is 1.15 bits per heavy atom. The van der Waals surface area contributed by atoms with Crippen LogP contribution in [-0.2, 0) is 17.8 Å². The maximum Gasteiger partial charge on any atom is 0.241 e. The summed E-state index contributed by atoms with van der Waals surface area (Å²) in [7, 11) is 0. The minimum absolute atomic E-state index is 0.0325. The Labute approximate surface area is 119 Å². The zero-order valence-electron chi connectivity index (χ0n) is 11.5. The highest BCUT2D eigenvalue weighted by atomic mass is 16.2. The van der Waals surface area contributed by atoms with Crippen molar-refractivity contribution in [1.82, 2.24) is 5.32 Å². The van der Waals surface area contributed by atoms with Gasteiger partial charge in [0.2, 0.25) is 5.91 Å². The Morgan fingerprint density at radius 3 is 2.75 bits per heavy atom. The Bertz CT molecular complexity index is 636. The Hall–Kier alpha value is -2.13. The largest absolute Gasteiger partial charge is 0.325 e. The second-order valence-electron chi connectivity index (χ2n) is 5.27. The van der Waals surface area contributed by atoms with E-state index < -0.39 is 0 Å². The predicted octanol–water partition coefficient (Wildman–Crippen LogP) is 2.65. The van der Waals surface area contributed by atoms with Gasteiger partial charge in [0.15, 0.2) is 0 Å². The van der Waals surface area contributed by atoms with E-state index in [0.29, 0.717) is 0 Å². The van der Waals surface area contributed by atoms with Gasteiger partial charge in [-0.25, -0.2) is 0 Å². The number of benzene rings is 2. The number of hydrogen-bond acceptors (Lipinski definition) is 2. The molecule has 3 nitrogen and oxygen atoms in total. The Morgan fingerprint density at radius 2 is 1.95 bits per heavy atom. The van der Waals surface area contributed by atoms with Crippen LogP contribution in [0.2, 0.25) is 0 Å². The van der Waals surface area contributed by atoms with Crippen molar-refractivity contribution in [2.75, 3.05) is 5.32 Å². The monoisotopic (exact) mass is 266 g/mol. The first-order chi connectivity index (χ1) is 9.72. The predicted molar refractivity (Wildman–Crippen MR) is 80.6 cm³/mol. The molecule has 0 spiro atoms. The lowest BCUT2D eigenvalue weighted by atomic mass is 9.95. The van der Waals surface area contributed by atoms with E-state index in [2.05, 4.69) is 22.8 Å². The average Bonchev–Trinajstić information content (AvgIpc) is 2.47. The number of carbonyl (C=O) groups is 1. The Balaban J connectivity index is 1.70. The first kappa shape index (κ1) is 12.9. The van der Waals surface area contributed by atoms with E-state index in [1.54, 1.807) is 0 Å². The third-order valence-electron chi connectivity index (χ3n) is 3.68. The number of carbonyl (C=O) groups excluding carboxylic acids is 1. The first-order valence-corrected chi connectivity index (χ1v) is 6.90. The fraction of sp³-hybridized carbons (Fsp3) is 0.235. The SMILES string of the molecule is Cc1cccc(NC(=O)C2Cc3ccccc3CN2)c1. The van der Waals surface area contributed by atoms with Crippen molar-refractivity contribution in [3.63, 3.8) is 0 Å². The van der Waals surface area contributed by atoms with Crippen LogP contribution in [0.3, 0.4) is 0 Å². The van der Waals surface area contributed by atoms with Gasteiger partial charge in [-0.1, -0.05) is 36.4 Å². The van der Waals surface area contributed by atoms with Gasteiger partial charge in [0.05, 0.1) is 6.04 Å². The lowest BCUT2D eigenvalue weighted by molar-refractivity contribution is -0.118. The standard InChI is InChI=1S/C17H18N2O/c1-12-5-4-8-15(9-12)19-17(20)16-10-13-6-2-3-7-14(13)11-18-16/h2-9,16,18H,10-11H2,1H3,(H,19,20). The van der Waals surface area contributed by atoms with Gasteiger partial charge in [-0.15, -0.1) is 0 Å². The molecule has 0 aliphatic carbocycles. The van der Waals surface area contributed by atoms with Crippen LogP contribution in [0.25, 0.3) is 0 Å². The van der Waals surface area contributed by atoms with E-state index in [4.69, 9.17) is 0 Å². The summed E-state index contributed by atoms with van der Waals surface area (Å²) in [5, 5.41) is 6.28. The lowest BCUT2D eigenvalue weighted by Crippen LogP contribution is -2.44. The molecule has 1 heterocycles. The van der Waals surface area contributed by atoms with Crippen LogP contribution in [-0.4, -0.2) is 11.9 Å². The molecule has 102 valence electrons. The second kappa shape index (κ2) is 5.47. The van der Waals surface area contributed by atoms with E-state index in [1.165, 1.54) is 11.1 Å². The number of nitrogens with one attached hydrogen (secondary N) is 2. The molecular formula is C17H18N2O. The number of amides is 1. The highest BCUT2D eigenvalue weighted by Gasteiger charge is 2.23. The summed E-state index contributed by atoms with van der Waals surface area (Å²) in [6.45, 7) is 2.77. The molecule has 0 radical (unpaired) electrons. The van der Waals surface area contributed by atoms with E-state index in [0.717, 1.165) is 24.2 Å². The quantitative estimate of drug-likeness (QED) is 0.877. The van der Waals surface area contributed by atoms with Crippen molar-refractivity contribution in [2.24, 2.45) is 0 Å². The van der Waals surface area contributed by atoms with Crippen molar-refractivity contribution in [3.8, 4) is 0 Å². The van der Waals surface area contributed by atoms with Crippen molar-refractivity contribution in [3.05, 3.63) is 65.2 Å². The van der Waals surface area contributed by atoms with E-state index in [-0.39, 0.29) is 11.9 Å². The lowest BCUT2D eigenvalue weighted by Gasteiger charge is -2.25. The zero-order valence-corrected chi connectivity index (χ0v) is 11.5. The molecule has 0 bridgehead atoms. The van der Waals surface area contributed by atoms with Gasteiger partial charge in [-0.3, -0.25) is 4.79 Å². The van der Waals surface area contributed by atoms with Crippen molar-refractivity contribution < 1.29 is 4.79 Å². The summed E-state index contributed by atoms with van der Waals surface area (Å²) in [6.07, 6.45) is 0.744. The smallest absolute Gasteiger partial charge is 0.241 e. The summed E-state index contributed by atoms with van der Waals surface area (Å²) < 4.78 is 0. The minimum Gasteiger partial charge on any atom is -0.325 e. The summed E-state index contributed by atoms with van der Waals surface area (Å²) in [6, 6.07) is 16.0. The van der Waals surface area contributed by atoms with E-state index in [1.807, 2.05) is 43.3 Å². The first-order valence-electron chi connectivity index (χ1n) is 6.90. The molecule has 2 N–H and O–H groups in total. The van der Waals surface area contributed by atoms with Crippen molar-refractivity contribution in [1.29, 1.82) is 0 Å². The van der Waals surface area contributed by atoms with Gasteiger partial charge in [0.25, 0.3) is 0 Å². The molecule has 1 amide bonds. The second-order valence-corrected chi connectivity index (χ2v) is 5.27. The maximum absolute atomic E-state index is 12.3. The fourth-order valence-corrected chi connectivity index (χ4v) is 2.59. The normalized spacial score (nSPS) is 17.4. The molecule has 0 saturated carbocycles. The van der Waals surface area contributed by atoms with Crippen LogP contribution in [0.1, 0.15) is 16.7 Å². The van der Waals surface area contributed by atoms with Gasteiger partial charge in [-0.2, -0.15) is 0 Å². The highest BCUT2D eigenvalue weighted by Crippen LogP contribution is 2.17. The third-order valence-corrected chi connectivity index (χ3v) is 3.68. The maximum atomic E-state index is 12.3. The van der Waals surface area contributed by atoms with Crippen LogP contribution in [0.4, 0.5) is 5.69 Å². The average molecular weight is 266 g/mol. The highest BCUT2D eigenvalue weighted by molar-refractivity contribution is 5.95. The summed E-state index contributed by atoms with van der Waals surface area (Å²) >= 11 is 0. The number of aryl methyl sites for hydroxylation is 1. The van der Waals surface area contributed by atoms with Crippen molar-refractivity contribution >= 4 is 11.6 Å².